The Morgan fingerprint density at radius 2 is 1.58 bits per heavy atom. The number of alkyl halides is 3. The lowest BCUT2D eigenvalue weighted by molar-refractivity contribution is -0.287. The Hall–Kier alpha value is -3.47. The van der Waals surface area contributed by atoms with Gasteiger partial charge in [-0.2, -0.15) is 13.2 Å². The predicted molar refractivity (Wildman–Crippen MR) is 111 cm³/mol. The quantitative estimate of drug-likeness (QED) is 0.563. The number of carbonyl (C=O) groups excluding carboxylic acids is 2. The Morgan fingerprint density at radius 1 is 1.03 bits per heavy atom. The van der Waals surface area contributed by atoms with Crippen LogP contribution in [0.25, 0.3) is 0 Å². The van der Waals surface area contributed by atoms with Gasteiger partial charge in [0.15, 0.2) is 17.3 Å². The van der Waals surface area contributed by atoms with E-state index in [0.29, 0.717) is 0 Å². The number of benzene rings is 2. The highest BCUT2D eigenvalue weighted by Gasteiger charge is 2.66. The SMILES string of the molecule is COc1cc([C@@H]2NC(=O)N[C@](O)(C(F)(F)F)[C@H]2C(=O)c2ccc(C)cc2)cc(OC)c1OC. The average molecular weight is 468 g/mol. The largest absolute Gasteiger partial charge is 0.493 e. The molecule has 2 amide bonds. The number of halogens is 3. The number of aliphatic hydroxyl groups is 1. The van der Waals surface area contributed by atoms with Crippen molar-refractivity contribution in [2.45, 2.75) is 24.9 Å². The van der Waals surface area contributed by atoms with Crippen molar-refractivity contribution in [1.29, 1.82) is 0 Å². The number of hydrogen-bond acceptors (Lipinski definition) is 6. The fourth-order valence-electron chi connectivity index (χ4n) is 3.80. The topological polar surface area (TPSA) is 106 Å². The summed E-state index contributed by atoms with van der Waals surface area (Å²) < 4.78 is 57.9. The minimum atomic E-state index is -5.37. The fraction of sp³-hybridized carbons (Fsp3) is 0.364. The van der Waals surface area contributed by atoms with Crippen LogP contribution in [0.4, 0.5) is 18.0 Å². The van der Waals surface area contributed by atoms with Gasteiger partial charge in [0.1, 0.15) is 5.92 Å². The van der Waals surface area contributed by atoms with E-state index in [-0.39, 0.29) is 28.4 Å². The second kappa shape index (κ2) is 8.81. The highest BCUT2D eigenvalue weighted by Crippen LogP contribution is 2.47. The molecule has 0 aliphatic carbocycles. The van der Waals surface area contributed by atoms with E-state index < -0.39 is 35.7 Å². The Balaban J connectivity index is 2.24. The number of Topliss-reactive ketones (excluding diaryl/α,β-unsaturated/α-hetero) is 1. The van der Waals surface area contributed by atoms with Gasteiger partial charge in [0.25, 0.3) is 0 Å². The van der Waals surface area contributed by atoms with E-state index >= 15 is 0 Å². The molecular weight excluding hydrogens is 445 g/mol. The first-order valence-corrected chi connectivity index (χ1v) is 9.75. The van der Waals surface area contributed by atoms with E-state index in [4.69, 9.17) is 14.2 Å². The lowest BCUT2D eigenvalue weighted by Crippen LogP contribution is -2.72. The van der Waals surface area contributed by atoms with Crippen LogP contribution in [0.2, 0.25) is 0 Å². The standard InChI is InChI=1S/C22H23F3N2O6/c1-11-5-7-12(8-6-11)18(28)16-17(26-20(29)27-21(16,30)22(23,24)25)13-9-14(31-2)19(33-4)15(10-13)32-3/h5-10,16-17,30H,1-4H3,(H2,26,27,29)/t16-,17+,21-/m1/s1. The van der Waals surface area contributed by atoms with Crippen molar-refractivity contribution in [3.63, 3.8) is 0 Å². The molecule has 0 spiro atoms. The van der Waals surface area contributed by atoms with Crippen LogP contribution >= 0.6 is 0 Å². The minimum absolute atomic E-state index is 0.0347. The Labute approximate surface area is 187 Å². The second-order valence-electron chi connectivity index (χ2n) is 7.51. The molecule has 3 N–H and O–H groups in total. The summed E-state index contributed by atoms with van der Waals surface area (Å²) in [5.74, 6) is -2.85. The van der Waals surface area contributed by atoms with Gasteiger partial charge in [0.05, 0.1) is 27.4 Å². The molecule has 1 aliphatic rings. The number of carbonyl (C=O) groups is 2. The summed E-state index contributed by atoms with van der Waals surface area (Å²) in [5.41, 5.74) is -3.09. The molecule has 1 saturated heterocycles. The maximum absolute atomic E-state index is 14.1. The summed E-state index contributed by atoms with van der Waals surface area (Å²) in [4.78, 5) is 25.6. The molecule has 1 heterocycles. The molecule has 3 atom stereocenters. The van der Waals surface area contributed by atoms with Crippen molar-refractivity contribution in [3.05, 3.63) is 53.1 Å². The minimum Gasteiger partial charge on any atom is -0.493 e. The lowest BCUT2D eigenvalue weighted by atomic mass is 9.77. The molecule has 3 rings (SSSR count). The summed E-state index contributed by atoms with van der Waals surface area (Å²) in [6.07, 6.45) is -5.37. The summed E-state index contributed by atoms with van der Waals surface area (Å²) in [5, 5.41) is 14.5. The zero-order chi connectivity index (χ0) is 24.6. The summed E-state index contributed by atoms with van der Waals surface area (Å²) in [6.45, 7) is 1.75. The summed E-state index contributed by atoms with van der Waals surface area (Å²) in [7, 11) is 3.96. The third-order valence-corrected chi connectivity index (χ3v) is 5.47. The highest BCUT2D eigenvalue weighted by atomic mass is 19.4. The van der Waals surface area contributed by atoms with Crippen molar-refractivity contribution in [2.24, 2.45) is 5.92 Å². The van der Waals surface area contributed by atoms with Crippen LogP contribution in [-0.2, 0) is 0 Å². The van der Waals surface area contributed by atoms with Crippen LogP contribution in [0, 0.1) is 12.8 Å². The summed E-state index contributed by atoms with van der Waals surface area (Å²) >= 11 is 0. The van der Waals surface area contributed by atoms with Crippen molar-refractivity contribution in [1.82, 2.24) is 10.6 Å². The summed E-state index contributed by atoms with van der Waals surface area (Å²) in [6, 6.07) is 5.56. The van der Waals surface area contributed by atoms with Crippen LogP contribution in [0.5, 0.6) is 17.2 Å². The average Bonchev–Trinajstić information content (AvgIpc) is 2.76. The molecule has 2 aromatic carbocycles. The number of hydrogen-bond donors (Lipinski definition) is 3. The molecule has 1 aliphatic heterocycles. The number of ketones is 1. The van der Waals surface area contributed by atoms with Gasteiger partial charge >= 0.3 is 12.2 Å². The molecule has 178 valence electrons. The third-order valence-electron chi connectivity index (χ3n) is 5.47. The van der Waals surface area contributed by atoms with Gasteiger partial charge in [-0.15, -0.1) is 0 Å². The molecule has 11 heteroatoms. The predicted octanol–water partition coefficient (Wildman–Crippen LogP) is 3.12. The first-order chi connectivity index (χ1) is 15.5. The van der Waals surface area contributed by atoms with Crippen LogP contribution in [0.15, 0.2) is 36.4 Å². The first-order valence-electron chi connectivity index (χ1n) is 9.75. The maximum Gasteiger partial charge on any atom is 0.437 e. The van der Waals surface area contributed by atoms with Crippen molar-refractivity contribution in [2.75, 3.05) is 21.3 Å². The van der Waals surface area contributed by atoms with Crippen molar-refractivity contribution < 1.29 is 42.1 Å². The number of urea groups is 1. The van der Waals surface area contributed by atoms with Crippen LogP contribution in [-0.4, -0.2) is 50.2 Å². The number of amides is 2. The number of aryl methyl sites for hydroxylation is 1. The Kier molecular flexibility index (Phi) is 6.46. The Morgan fingerprint density at radius 3 is 2.03 bits per heavy atom. The van der Waals surface area contributed by atoms with Crippen LogP contribution < -0.4 is 24.8 Å². The van der Waals surface area contributed by atoms with E-state index in [9.17, 15) is 27.9 Å². The zero-order valence-corrected chi connectivity index (χ0v) is 18.2. The molecule has 0 radical (unpaired) electrons. The number of nitrogens with one attached hydrogen (secondary N) is 2. The molecule has 1 fully saturated rings. The molecule has 8 nitrogen and oxygen atoms in total. The molecule has 0 unspecified atom stereocenters. The van der Waals surface area contributed by atoms with Crippen LogP contribution in [0.1, 0.15) is 27.5 Å². The monoisotopic (exact) mass is 468 g/mol. The normalized spacial score (nSPS) is 22.7. The van der Waals surface area contributed by atoms with Crippen molar-refractivity contribution in [3.8, 4) is 17.2 Å². The number of methoxy groups -OCH3 is 3. The van der Waals surface area contributed by atoms with E-state index in [0.717, 1.165) is 5.56 Å². The van der Waals surface area contributed by atoms with E-state index in [1.807, 2.05) is 0 Å². The maximum atomic E-state index is 14.1. The number of ether oxygens (including phenoxy) is 3. The van der Waals surface area contributed by atoms with E-state index in [1.165, 1.54) is 50.9 Å². The number of rotatable bonds is 6. The van der Waals surface area contributed by atoms with Crippen LogP contribution in [0.3, 0.4) is 0 Å². The molecule has 2 aromatic rings. The van der Waals surface area contributed by atoms with E-state index in [1.54, 1.807) is 19.1 Å². The molecule has 0 saturated carbocycles. The van der Waals surface area contributed by atoms with E-state index in [2.05, 4.69) is 5.32 Å². The van der Waals surface area contributed by atoms with Gasteiger partial charge in [0.2, 0.25) is 11.5 Å². The lowest BCUT2D eigenvalue weighted by Gasteiger charge is -2.45. The van der Waals surface area contributed by atoms with Crippen molar-refractivity contribution >= 4 is 11.8 Å². The molecule has 0 aromatic heterocycles. The smallest absolute Gasteiger partial charge is 0.437 e. The second-order valence-corrected chi connectivity index (χ2v) is 7.51. The molecule has 33 heavy (non-hydrogen) atoms. The van der Waals surface area contributed by atoms with Gasteiger partial charge < -0.3 is 30.0 Å². The molecule has 0 bridgehead atoms. The molecular formula is C22H23F3N2O6. The van der Waals surface area contributed by atoms with Gasteiger partial charge in [-0.1, -0.05) is 29.8 Å². The fourth-order valence-corrected chi connectivity index (χ4v) is 3.80. The highest BCUT2D eigenvalue weighted by molar-refractivity contribution is 6.00. The van der Waals surface area contributed by atoms with Gasteiger partial charge in [-0.25, -0.2) is 4.79 Å². The van der Waals surface area contributed by atoms with Gasteiger partial charge in [0, 0.05) is 5.56 Å². The first kappa shape index (κ1) is 24.2. The Bertz CT molecular complexity index is 1030. The van der Waals surface area contributed by atoms with Gasteiger partial charge in [-0.05, 0) is 24.6 Å². The van der Waals surface area contributed by atoms with Gasteiger partial charge in [-0.3, -0.25) is 4.79 Å². The third kappa shape index (κ3) is 4.28. The zero-order valence-electron chi connectivity index (χ0n) is 18.2.